The molecule has 2 fully saturated rings. The lowest BCUT2D eigenvalue weighted by atomic mass is 9.47. The van der Waals surface area contributed by atoms with Crippen LogP contribution in [0.2, 0.25) is 0 Å². The number of carbonyl (C=O) groups is 2. The molecule has 0 aromatic heterocycles. The van der Waals surface area contributed by atoms with Gasteiger partial charge < -0.3 is 10.1 Å². The van der Waals surface area contributed by atoms with Crippen molar-refractivity contribution in [1.82, 2.24) is 5.32 Å². The topological polar surface area (TPSA) is 46.2 Å². The monoisotopic (exact) mass is 223 g/mol. The van der Waals surface area contributed by atoms with Crippen LogP contribution in [0.25, 0.3) is 0 Å². The summed E-state index contributed by atoms with van der Waals surface area (Å²) in [4.78, 5) is 22.7. The molecule has 1 aliphatic carbocycles. The third kappa shape index (κ3) is 1.45. The molecule has 90 valence electrons. The average molecular weight is 223 g/mol. The van der Waals surface area contributed by atoms with Gasteiger partial charge in [0.2, 0.25) is 0 Å². The largest absolute Gasteiger partial charge is 0.315 e. The number of hydrogen-bond donors (Lipinski definition) is 1. The number of rotatable bonds is 6. The first-order valence-electron chi connectivity index (χ1n) is 6.38. The van der Waals surface area contributed by atoms with Crippen LogP contribution >= 0.6 is 0 Å². The molecule has 3 nitrogen and oxygen atoms in total. The number of carbonyl (C=O) groups excluding carboxylic acids is 2. The summed E-state index contributed by atoms with van der Waals surface area (Å²) in [5.41, 5.74) is -0.220. The highest BCUT2D eigenvalue weighted by Crippen LogP contribution is 2.60. The molecule has 2 rings (SSSR count). The summed E-state index contributed by atoms with van der Waals surface area (Å²) in [6.45, 7) is 3.82. The van der Waals surface area contributed by atoms with Gasteiger partial charge in [0.05, 0.1) is 0 Å². The summed E-state index contributed by atoms with van der Waals surface area (Å²) >= 11 is 0. The molecule has 0 spiro atoms. The van der Waals surface area contributed by atoms with E-state index in [0.29, 0.717) is 18.6 Å². The van der Waals surface area contributed by atoms with E-state index in [1.54, 1.807) is 0 Å². The number of aldehydes is 1. The molecular formula is C13H21NO2. The number of nitrogens with one attached hydrogen (secondary N) is 1. The van der Waals surface area contributed by atoms with Crippen molar-refractivity contribution in [1.29, 1.82) is 0 Å². The van der Waals surface area contributed by atoms with Gasteiger partial charge in [-0.25, -0.2) is 0 Å². The minimum atomic E-state index is -0.191. The van der Waals surface area contributed by atoms with Crippen molar-refractivity contribution >= 4 is 12.1 Å². The van der Waals surface area contributed by atoms with Crippen molar-refractivity contribution in [3.05, 3.63) is 0 Å². The number of ketones is 1. The second-order valence-corrected chi connectivity index (χ2v) is 5.39. The van der Waals surface area contributed by atoms with E-state index < -0.39 is 0 Å². The predicted octanol–water partition coefficient (Wildman–Crippen LogP) is 1.70. The van der Waals surface area contributed by atoms with Gasteiger partial charge in [-0.05, 0) is 6.42 Å². The van der Waals surface area contributed by atoms with Gasteiger partial charge in [-0.1, -0.05) is 26.2 Å². The van der Waals surface area contributed by atoms with Gasteiger partial charge in [-0.2, -0.15) is 0 Å². The molecule has 3 heteroatoms. The zero-order valence-corrected chi connectivity index (χ0v) is 10.1. The van der Waals surface area contributed by atoms with Gasteiger partial charge >= 0.3 is 0 Å². The zero-order valence-electron chi connectivity index (χ0n) is 10.1. The number of hydrogen-bond acceptors (Lipinski definition) is 3. The average Bonchev–Trinajstić information content (AvgIpc) is 2.53. The van der Waals surface area contributed by atoms with E-state index in [4.69, 9.17) is 0 Å². The summed E-state index contributed by atoms with van der Waals surface area (Å²) in [6, 6.07) is 0. The van der Waals surface area contributed by atoms with Crippen molar-refractivity contribution in [3.8, 4) is 0 Å². The molecular weight excluding hydrogens is 202 g/mol. The maximum Gasteiger partial charge on any atom is 0.141 e. The Labute approximate surface area is 97.0 Å². The molecule has 0 aromatic carbocycles. The van der Waals surface area contributed by atoms with E-state index >= 15 is 0 Å². The van der Waals surface area contributed by atoms with Crippen molar-refractivity contribution in [3.63, 3.8) is 0 Å². The molecule has 2 unspecified atom stereocenters. The Kier molecular flexibility index (Phi) is 3.15. The molecule has 1 saturated heterocycles. The highest BCUT2D eigenvalue weighted by molar-refractivity contribution is 5.95. The van der Waals surface area contributed by atoms with Gasteiger partial charge in [0.25, 0.3) is 0 Å². The van der Waals surface area contributed by atoms with E-state index in [0.717, 1.165) is 32.2 Å². The van der Waals surface area contributed by atoms with Crippen molar-refractivity contribution < 1.29 is 9.59 Å². The Morgan fingerprint density at radius 2 is 2.19 bits per heavy atom. The fourth-order valence-electron chi connectivity index (χ4n) is 3.54. The van der Waals surface area contributed by atoms with Crippen LogP contribution in [0.1, 0.15) is 45.4 Å². The van der Waals surface area contributed by atoms with Gasteiger partial charge in [0.1, 0.15) is 12.1 Å². The number of fused-ring (bicyclic) bond motifs is 1. The number of Topliss-reactive ketones (excluding diaryl/α,β-unsaturated/α-hetero) is 1. The number of unbranched alkanes of at least 4 members (excludes halogenated alkanes) is 2. The first-order chi connectivity index (χ1) is 7.71. The van der Waals surface area contributed by atoms with Crippen LogP contribution < -0.4 is 5.32 Å². The lowest BCUT2D eigenvalue weighted by molar-refractivity contribution is -0.155. The molecule has 1 aliphatic heterocycles. The molecule has 2 atom stereocenters. The maximum absolute atomic E-state index is 12.0. The maximum atomic E-state index is 12.0. The molecule has 0 amide bonds. The predicted molar refractivity (Wildman–Crippen MR) is 62.2 cm³/mol. The molecule has 1 N–H and O–H groups in total. The van der Waals surface area contributed by atoms with Crippen LogP contribution in [-0.2, 0) is 9.59 Å². The van der Waals surface area contributed by atoms with Crippen LogP contribution in [0.15, 0.2) is 0 Å². The van der Waals surface area contributed by atoms with E-state index in [1.165, 1.54) is 12.8 Å². The smallest absolute Gasteiger partial charge is 0.141 e. The summed E-state index contributed by atoms with van der Waals surface area (Å²) in [5.74, 6) is 0.385. The summed E-state index contributed by atoms with van der Waals surface area (Å²) < 4.78 is 0. The minimum absolute atomic E-state index is 0.0282. The fourth-order valence-corrected chi connectivity index (χ4v) is 3.54. The zero-order chi connectivity index (χ0) is 11.6. The lowest BCUT2D eigenvalue weighted by Crippen LogP contribution is -2.58. The van der Waals surface area contributed by atoms with E-state index in [-0.39, 0.29) is 10.8 Å². The fraction of sp³-hybridized carbons (Fsp3) is 0.846. The van der Waals surface area contributed by atoms with Crippen molar-refractivity contribution in [2.45, 2.75) is 45.4 Å². The van der Waals surface area contributed by atoms with E-state index in [1.807, 2.05) is 0 Å². The third-order valence-electron chi connectivity index (χ3n) is 4.62. The quantitative estimate of drug-likeness (QED) is 0.550. The first kappa shape index (κ1) is 11.8. The normalized spacial score (nSPS) is 36.9. The van der Waals surface area contributed by atoms with Gasteiger partial charge in [-0.15, -0.1) is 0 Å². The SMILES string of the molecule is CCCCCC12CNCC1(CC=O)CC2=O. The van der Waals surface area contributed by atoms with Crippen LogP contribution in [-0.4, -0.2) is 25.2 Å². The Hall–Kier alpha value is -0.700. The second-order valence-electron chi connectivity index (χ2n) is 5.39. The van der Waals surface area contributed by atoms with Crippen molar-refractivity contribution in [2.24, 2.45) is 10.8 Å². The molecule has 1 heterocycles. The highest BCUT2D eigenvalue weighted by atomic mass is 16.1. The van der Waals surface area contributed by atoms with Gasteiger partial charge in [0, 0.05) is 36.8 Å². The molecule has 16 heavy (non-hydrogen) atoms. The second kappa shape index (κ2) is 4.28. The summed E-state index contributed by atoms with van der Waals surface area (Å²) in [6.07, 6.45) is 6.62. The summed E-state index contributed by atoms with van der Waals surface area (Å²) in [7, 11) is 0. The molecule has 2 aliphatic rings. The Morgan fingerprint density at radius 1 is 1.38 bits per heavy atom. The minimum Gasteiger partial charge on any atom is -0.315 e. The molecule has 0 aromatic rings. The van der Waals surface area contributed by atoms with Crippen LogP contribution in [0.4, 0.5) is 0 Å². The van der Waals surface area contributed by atoms with E-state index in [9.17, 15) is 9.59 Å². The molecule has 0 bridgehead atoms. The van der Waals surface area contributed by atoms with Crippen LogP contribution in [0.5, 0.6) is 0 Å². The Morgan fingerprint density at radius 3 is 2.81 bits per heavy atom. The van der Waals surface area contributed by atoms with Gasteiger partial charge in [0.15, 0.2) is 0 Å². The molecule has 1 saturated carbocycles. The Bertz CT molecular complexity index is 298. The molecule has 0 radical (unpaired) electrons. The van der Waals surface area contributed by atoms with Crippen LogP contribution in [0, 0.1) is 10.8 Å². The van der Waals surface area contributed by atoms with Gasteiger partial charge in [-0.3, -0.25) is 4.79 Å². The highest BCUT2D eigenvalue weighted by Gasteiger charge is 2.66. The lowest BCUT2D eigenvalue weighted by Gasteiger charge is -2.52. The third-order valence-corrected chi connectivity index (χ3v) is 4.62. The Balaban J connectivity index is 2.08. The first-order valence-corrected chi connectivity index (χ1v) is 6.38. The van der Waals surface area contributed by atoms with Crippen molar-refractivity contribution in [2.75, 3.05) is 13.1 Å². The van der Waals surface area contributed by atoms with E-state index in [2.05, 4.69) is 12.2 Å². The van der Waals surface area contributed by atoms with Crippen LogP contribution in [0.3, 0.4) is 0 Å². The summed E-state index contributed by atoms with van der Waals surface area (Å²) in [5, 5.41) is 3.33. The standard InChI is InChI=1S/C13H21NO2/c1-2-3-4-5-13-10-14-9-12(13,6-7-15)8-11(13)16/h7,14H,2-6,8-10H2,1H3.